The van der Waals surface area contributed by atoms with Crippen molar-refractivity contribution in [1.29, 1.82) is 0 Å². The van der Waals surface area contributed by atoms with Crippen LogP contribution in [0.1, 0.15) is 143 Å². The van der Waals surface area contributed by atoms with Crippen LogP contribution in [-0.2, 0) is 25.8 Å². The predicted molar refractivity (Wildman–Crippen MR) is 307 cm³/mol. The van der Waals surface area contributed by atoms with E-state index in [1.807, 2.05) is 0 Å². The van der Waals surface area contributed by atoms with E-state index < -0.39 is 126 Å². The summed E-state index contributed by atoms with van der Waals surface area (Å²) in [5.41, 5.74) is 2.93. The van der Waals surface area contributed by atoms with E-state index in [1.54, 1.807) is 0 Å². The van der Waals surface area contributed by atoms with Crippen molar-refractivity contribution in [2.75, 3.05) is 0 Å². The molecule has 0 bridgehead atoms. The van der Waals surface area contributed by atoms with Crippen LogP contribution in [0.2, 0.25) is 45.2 Å². The minimum atomic E-state index is -5.41. The largest absolute Gasteiger partial charge is 3.00 e. The SMILES string of the molecule is CC(C)c1cccc(C(C)C)c1N=C(/C=C(\[N-]c1c(C(C)C)cccc1C(C)C)C(C)(C)C)C(C)(C)C.C[B-](c1c(F)c(F)c(F)c(F)c1F)(c1c(F)c(F)c(F)c(F)c1F)c1c(F)c(F)c(F)c(F)c1F.[CH2-][Si](C)(C)C[Si](C)(C)C.[Sc+3]. The van der Waals surface area contributed by atoms with Crippen molar-refractivity contribution >= 4 is 55.8 Å². The Morgan fingerprint density at radius 3 is 0.939 bits per heavy atom. The number of aliphatic imine (C=N–C) groups is 1. The van der Waals surface area contributed by atoms with Gasteiger partial charge in [0.1, 0.15) is 41.0 Å². The molecule has 0 heterocycles. The Morgan fingerprint density at radius 1 is 0.476 bits per heavy atom. The topological polar surface area (TPSA) is 26.5 Å². The molecule has 0 spiro atoms. The third kappa shape index (κ3) is 16.5. The minimum absolute atomic E-state index is 0. The third-order valence-electron chi connectivity index (χ3n) is 13.4. The van der Waals surface area contributed by atoms with Crippen LogP contribution in [0.25, 0.3) is 5.32 Å². The van der Waals surface area contributed by atoms with Crippen LogP contribution >= 0.6 is 0 Å². The molecule has 0 aliphatic heterocycles. The summed E-state index contributed by atoms with van der Waals surface area (Å²) in [5.74, 6) is -43.5. The molecular weight excluding hydrogens is 1160 g/mol. The van der Waals surface area contributed by atoms with E-state index in [0.717, 1.165) is 22.8 Å². The second kappa shape index (κ2) is 27.8. The molecule has 0 radical (unpaired) electrons. The van der Waals surface area contributed by atoms with Gasteiger partial charge in [0, 0.05) is 19.2 Å². The summed E-state index contributed by atoms with van der Waals surface area (Å²) in [5, 5.41) is 5.46. The maximum Gasteiger partial charge on any atom is 3.00 e. The molecule has 0 fully saturated rings. The molecule has 2 nitrogen and oxygen atoms in total. The van der Waals surface area contributed by atoms with Gasteiger partial charge in [-0.1, -0.05) is 189 Å². The Kier molecular flexibility index (Phi) is 25.0. The van der Waals surface area contributed by atoms with Gasteiger partial charge in [-0.25, -0.2) is 65.9 Å². The molecule has 0 aliphatic rings. The van der Waals surface area contributed by atoms with Crippen molar-refractivity contribution in [2.24, 2.45) is 15.8 Å². The maximum atomic E-state index is 14.6. The number of hydrogen-bond donors (Lipinski definition) is 0. The van der Waals surface area contributed by atoms with Gasteiger partial charge in [-0.2, -0.15) is 12.5 Å². The van der Waals surface area contributed by atoms with Gasteiger partial charge in [0.25, 0.3) is 0 Å². The number of halogens is 15. The fourth-order valence-corrected chi connectivity index (χ4v) is 21.2. The van der Waals surface area contributed by atoms with E-state index in [0.29, 0.717) is 23.7 Å². The monoisotopic (exact) mass is 1230 g/mol. The van der Waals surface area contributed by atoms with Crippen LogP contribution in [0.15, 0.2) is 53.2 Å². The van der Waals surface area contributed by atoms with Crippen molar-refractivity contribution in [2.45, 2.75) is 166 Å². The molecule has 0 saturated carbocycles. The molecule has 0 unspecified atom stereocenters. The fourth-order valence-electron chi connectivity index (χ4n) is 9.74. The second-order valence-electron chi connectivity index (χ2n) is 26.0. The van der Waals surface area contributed by atoms with Crippen molar-refractivity contribution in [1.82, 2.24) is 0 Å². The van der Waals surface area contributed by atoms with Gasteiger partial charge in [0.05, 0.1) is 5.69 Å². The standard InChI is InChI=1S/C35H53N2.C19H3BF15.C7H19Si2.Sc/c1-22(2)26-17-15-18-27(23(3)4)32(26)36-30(34(9,10)11)21-31(35(12,13)14)37-33-28(24(5)6)19-16-20-29(33)25(7)8;1-20(2-5(21)11(27)17(33)12(28)6(2)22,3-7(23)13(29)18(34)14(30)8(3)24)4-9(25)15(31)19(35)16(32)10(4)26;1-8(2,3)7-9(4,5)6;/h15-25H,1-14H3;1H3;1,7H2,2-6H3;/q3*-1;+3/b30-21-,37-31?;;;. The van der Waals surface area contributed by atoms with Crippen LogP contribution in [0, 0.1) is 105 Å². The molecular formula is C61H75BF15N2ScSi2. The third-order valence-corrected chi connectivity index (χ3v) is 21.5. The zero-order valence-electron chi connectivity index (χ0n) is 50.5. The van der Waals surface area contributed by atoms with E-state index >= 15 is 0 Å². The van der Waals surface area contributed by atoms with Crippen LogP contribution in [0.4, 0.5) is 77.2 Å². The maximum absolute atomic E-state index is 14.6. The van der Waals surface area contributed by atoms with E-state index in [2.05, 4.69) is 179 Å². The van der Waals surface area contributed by atoms with Crippen LogP contribution in [-0.4, -0.2) is 28.0 Å². The zero-order chi connectivity index (χ0) is 62.9. The quantitative estimate of drug-likeness (QED) is 0.0281. The molecule has 82 heavy (non-hydrogen) atoms. The van der Waals surface area contributed by atoms with Gasteiger partial charge in [0.15, 0.2) is 52.4 Å². The molecule has 0 atom stereocenters. The van der Waals surface area contributed by atoms with Crippen LogP contribution in [0.3, 0.4) is 0 Å². The normalized spacial score (nSPS) is 12.9. The molecule has 0 amide bonds. The first-order valence-corrected chi connectivity index (χ1v) is 33.7. The summed E-state index contributed by atoms with van der Waals surface area (Å²) >= 11 is 0. The van der Waals surface area contributed by atoms with Crippen molar-refractivity contribution in [3.8, 4) is 0 Å². The Labute approximate surface area is 496 Å². The number of allylic oxidation sites excluding steroid dienone is 2. The van der Waals surface area contributed by atoms with Crippen LogP contribution in [0.5, 0.6) is 0 Å². The van der Waals surface area contributed by atoms with Gasteiger partial charge < -0.3 is 11.9 Å². The van der Waals surface area contributed by atoms with Crippen molar-refractivity contribution < 1.29 is 91.7 Å². The summed E-state index contributed by atoms with van der Waals surface area (Å²) in [4.78, 5) is 5.46. The van der Waals surface area contributed by atoms with Gasteiger partial charge >= 0.3 is 25.8 Å². The Morgan fingerprint density at radius 2 is 0.732 bits per heavy atom. The van der Waals surface area contributed by atoms with Gasteiger partial charge in [0.2, 0.25) is 0 Å². The minimum Gasteiger partial charge on any atom is -0.660 e. The fraction of sp³-hybridized carbons (Fsp3) is 0.443. The molecule has 0 saturated heterocycles. The number of hydrogen-bond acceptors (Lipinski definition) is 1. The number of nitrogens with zero attached hydrogens (tertiary/aromatic N) is 2. The second-order valence-corrected chi connectivity index (χ2v) is 36.8. The summed E-state index contributed by atoms with van der Waals surface area (Å²) in [6.45, 7) is 47.6. The number of para-hydroxylation sites is 2. The van der Waals surface area contributed by atoms with E-state index in [-0.39, 0.29) is 43.5 Å². The first-order valence-electron chi connectivity index (χ1n) is 26.6. The molecule has 0 N–H and O–H groups in total. The molecule has 5 rings (SSSR count). The van der Waals surface area contributed by atoms with E-state index in [9.17, 15) is 65.9 Å². The predicted octanol–water partition coefficient (Wildman–Crippen LogP) is 19.8. The Bertz CT molecular complexity index is 2870. The summed E-state index contributed by atoms with van der Waals surface area (Å²) in [7, 11) is -1.77. The average Bonchev–Trinajstić information content (AvgIpc) is 3.33. The molecule has 5 aromatic rings. The summed E-state index contributed by atoms with van der Waals surface area (Å²) in [6.07, 6.45) is -3.13. The molecule has 0 aromatic heterocycles. The first kappa shape index (κ1) is 73.7. The molecule has 448 valence electrons. The summed E-state index contributed by atoms with van der Waals surface area (Å²) < 4.78 is 212. The number of rotatable bonds is 13. The van der Waals surface area contributed by atoms with Gasteiger partial charge in [-0.05, 0) is 40.2 Å². The smallest absolute Gasteiger partial charge is 0.660 e. The van der Waals surface area contributed by atoms with E-state index in [4.69, 9.17) is 10.3 Å². The molecule has 0 aliphatic carbocycles. The van der Waals surface area contributed by atoms with Crippen molar-refractivity contribution in [3.63, 3.8) is 0 Å². The Hall–Kier alpha value is -4.37. The van der Waals surface area contributed by atoms with Crippen molar-refractivity contribution in [3.05, 3.63) is 170 Å². The molecule has 21 heteroatoms. The van der Waals surface area contributed by atoms with Gasteiger partial charge in [-0.15, -0.1) is 30.1 Å². The summed E-state index contributed by atoms with van der Waals surface area (Å²) in [6, 6.07) is 13.3. The molecule has 5 aromatic carbocycles. The number of benzene rings is 5. The zero-order valence-corrected chi connectivity index (χ0v) is 54.3. The van der Waals surface area contributed by atoms with Gasteiger partial charge in [-0.3, -0.25) is 4.99 Å². The van der Waals surface area contributed by atoms with Crippen LogP contribution < -0.4 is 16.4 Å². The first-order chi connectivity index (χ1) is 36.7. The van der Waals surface area contributed by atoms with E-state index in [1.165, 1.54) is 27.9 Å². The Balaban J connectivity index is 0.000000482. The average molecular weight is 1230 g/mol.